The Bertz CT molecular complexity index is 1020. The molecule has 1 rings (SSSR count). The Kier molecular flexibility index (Phi) is 11.5. The summed E-state index contributed by atoms with van der Waals surface area (Å²) in [6.07, 6.45) is 0.568. The molecule has 2 unspecified atom stereocenters. The molecule has 18 heteroatoms. The van der Waals surface area contributed by atoms with Gasteiger partial charge in [0.25, 0.3) is 5.56 Å². The largest absolute Gasteiger partial charge is 0.492 e. The third-order valence-corrected chi connectivity index (χ3v) is 9.35. The van der Waals surface area contributed by atoms with Crippen LogP contribution in [-0.4, -0.2) is 53.6 Å². The van der Waals surface area contributed by atoms with Crippen LogP contribution in [0, 0.1) is 11.8 Å². The molecule has 0 amide bonds. The maximum absolute atomic E-state index is 12.4. The van der Waals surface area contributed by atoms with Crippen LogP contribution in [0.5, 0.6) is 0 Å². The minimum absolute atomic E-state index is 0.0840. The third-order valence-electron chi connectivity index (χ3n) is 4.31. The molecule has 0 saturated carbocycles. The molecule has 3 N–H and O–H groups in total. The van der Waals surface area contributed by atoms with Crippen molar-refractivity contribution in [1.29, 1.82) is 0 Å². The second kappa shape index (κ2) is 12.7. The van der Waals surface area contributed by atoms with Gasteiger partial charge in [-0.1, -0.05) is 13.8 Å². The lowest BCUT2D eigenvalue weighted by molar-refractivity contribution is 0.0760. The van der Waals surface area contributed by atoms with Crippen molar-refractivity contribution in [3.8, 4) is 0 Å². The molecule has 0 aromatic carbocycles. The Morgan fingerprint density at radius 1 is 1.03 bits per heavy atom. The summed E-state index contributed by atoms with van der Waals surface area (Å²) in [5.74, 6) is -0.790. The van der Waals surface area contributed by atoms with E-state index < -0.39 is 46.7 Å². The van der Waals surface area contributed by atoms with Crippen molar-refractivity contribution in [2.75, 3.05) is 27.9 Å². The van der Waals surface area contributed by atoms with Crippen molar-refractivity contribution in [3.05, 3.63) is 33.1 Å². The van der Waals surface area contributed by atoms with Crippen LogP contribution in [0.4, 0.5) is 0 Å². The number of aliphatic hydroxyl groups excluding tert-OH is 1. The topological polar surface area (TPSA) is 202 Å². The SMILES string of the molecule is COP(=O)(OC)OP(=O)(OC)OP(=O)(O)OC[C@@H](C)C[C@H](C)[C@@H](O)Cn1ccc(=O)[nH]c1=O. The molecule has 0 radical (unpaired) electrons. The molecule has 1 aromatic heterocycles. The Labute approximate surface area is 189 Å². The molecule has 0 saturated heterocycles. The van der Waals surface area contributed by atoms with E-state index in [9.17, 15) is 33.3 Å². The highest BCUT2D eigenvalue weighted by Gasteiger charge is 2.44. The summed E-state index contributed by atoms with van der Waals surface area (Å²) in [6.45, 7) is 2.89. The first-order valence-corrected chi connectivity index (χ1v) is 13.8. The van der Waals surface area contributed by atoms with E-state index in [1.54, 1.807) is 13.8 Å². The minimum Gasteiger partial charge on any atom is -0.391 e. The number of nitrogens with zero attached hydrogens (tertiary/aromatic N) is 1. The number of phosphoric acid groups is 3. The zero-order chi connectivity index (χ0) is 25.4. The minimum atomic E-state index is -5.01. The van der Waals surface area contributed by atoms with E-state index in [0.29, 0.717) is 6.42 Å². The highest BCUT2D eigenvalue weighted by molar-refractivity contribution is 7.67. The summed E-state index contributed by atoms with van der Waals surface area (Å²) in [4.78, 5) is 34.8. The molecule has 0 aliphatic heterocycles. The van der Waals surface area contributed by atoms with Gasteiger partial charge in [0.05, 0.1) is 19.3 Å². The molecule has 0 fully saturated rings. The number of aromatic nitrogens is 2. The van der Waals surface area contributed by atoms with Gasteiger partial charge in [-0.15, -0.1) is 0 Å². The lowest BCUT2D eigenvalue weighted by atomic mass is 9.93. The predicted octanol–water partition coefficient (Wildman–Crippen LogP) is 1.87. The van der Waals surface area contributed by atoms with Gasteiger partial charge in [-0.05, 0) is 18.3 Å². The molecule has 1 heterocycles. The predicted molar refractivity (Wildman–Crippen MR) is 114 cm³/mol. The molecule has 0 aliphatic carbocycles. The number of H-pyrrole nitrogens is 1. The summed E-state index contributed by atoms with van der Waals surface area (Å²) in [6, 6.07) is 1.15. The van der Waals surface area contributed by atoms with E-state index in [4.69, 9.17) is 4.52 Å². The Morgan fingerprint density at radius 3 is 2.12 bits per heavy atom. The van der Waals surface area contributed by atoms with Crippen molar-refractivity contribution in [3.63, 3.8) is 0 Å². The first-order chi connectivity index (χ1) is 15.2. The molecule has 0 spiro atoms. The van der Waals surface area contributed by atoms with E-state index in [1.165, 1.54) is 6.20 Å². The second-order valence-electron chi connectivity index (χ2n) is 7.02. The van der Waals surface area contributed by atoms with E-state index >= 15 is 0 Å². The molecular formula is C15H29N2O13P3. The zero-order valence-corrected chi connectivity index (χ0v) is 21.4. The summed E-state index contributed by atoms with van der Waals surface area (Å²) in [5.41, 5.74) is -1.23. The average molecular weight is 538 g/mol. The second-order valence-corrected chi connectivity index (χ2v) is 12.4. The molecule has 192 valence electrons. The maximum atomic E-state index is 12.4. The lowest BCUT2D eigenvalue weighted by Gasteiger charge is -2.24. The van der Waals surface area contributed by atoms with Crippen LogP contribution in [0.2, 0.25) is 0 Å². The third kappa shape index (κ3) is 10.1. The van der Waals surface area contributed by atoms with E-state index in [1.807, 2.05) is 0 Å². The van der Waals surface area contributed by atoms with Gasteiger partial charge in [-0.25, -0.2) is 18.5 Å². The van der Waals surface area contributed by atoms with Gasteiger partial charge in [0.15, 0.2) is 0 Å². The van der Waals surface area contributed by atoms with Crippen molar-refractivity contribution < 1.29 is 50.4 Å². The highest BCUT2D eigenvalue weighted by Crippen LogP contribution is 2.71. The first-order valence-electron chi connectivity index (χ1n) is 9.43. The van der Waals surface area contributed by atoms with Gasteiger partial charge in [0, 0.05) is 33.6 Å². The molecule has 15 nitrogen and oxygen atoms in total. The number of aliphatic hydroxyl groups is 1. The van der Waals surface area contributed by atoms with Gasteiger partial charge >= 0.3 is 29.2 Å². The number of aromatic amines is 1. The van der Waals surface area contributed by atoms with Crippen LogP contribution >= 0.6 is 23.5 Å². The van der Waals surface area contributed by atoms with Crippen LogP contribution in [0.1, 0.15) is 20.3 Å². The van der Waals surface area contributed by atoms with Crippen LogP contribution in [0.25, 0.3) is 0 Å². The fourth-order valence-corrected chi connectivity index (χ4v) is 6.77. The fraction of sp³-hybridized carbons (Fsp3) is 0.733. The molecular weight excluding hydrogens is 509 g/mol. The van der Waals surface area contributed by atoms with Gasteiger partial charge < -0.3 is 10.00 Å². The Morgan fingerprint density at radius 2 is 1.61 bits per heavy atom. The Balaban J connectivity index is 2.66. The van der Waals surface area contributed by atoms with Crippen molar-refractivity contribution in [1.82, 2.24) is 9.55 Å². The van der Waals surface area contributed by atoms with Gasteiger partial charge in [0.1, 0.15) is 0 Å². The molecule has 33 heavy (non-hydrogen) atoms. The van der Waals surface area contributed by atoms with Crippen LogP contribution < -0.4 is 11.2 Å². The molecule has 0 aliphatic rings. The highest BCUT2D eigenvalue weighted by atomic mass is 31.3. The van der Waals surface area contributed by atoms with E-state index in [-0.39, 0.29) is 19.1 Å². The number of rotatable bonds is 15. The van der Waals surface area contributed by atoms with Crippen LogP contribution in [0.3, 0.4) is 0 Å². The summed E-state index contributed by atoms with van der Waals surface area (Å²) >= 11 is 0. The molecule has 1 aromatic rings. The fourth-order valence-electron chi connectivity index (χ4n) is 2.55. The number of hydrogen-bond acceptors (Lipinski definition) is 12. The van der Waals surface area contributed by atoms with Gasteiger partial charge in [0.2, 0.25) is 0 Å². The smallest absolute Gasteiger partial charge is 0.391 e. The van der Waals surface area contributed by atoms with E-state index in [0.717, 1.165) is 32.0 Å². The number of phosphoric ester groups is 2. The lowest BCUT2D eigenvalue weighted by Crippen LogP contribution is -2.34. The zero-order valence-electron chi connectivity index (χ0n) is 18.7. The van der Waals surface area contributed by atoms with Gasteiger partial charge in [-0.3, -0.25) is 32.4 Å². The summed E-state index contributed by atoms with van der Waals surface area (Å²) in [5, 5.41) is 10.3. The van der Waals surface area contributed by atoms with Crippen LogP contribution in [-0.2, 0) is 47.0 Å². The molecule has 5 atom stereocenters. The first kappa shape index (κ1) is 30.1. The average Bonchev–Trinajstić information content (AvgIpc) is 2.73. The van der Waals surface area contributed by atoms with Gasteiger partial charge in [-0.2, -0.15) is 8.62 Å². The molecule has 0 bridgehead atoms. The van der Waals surface area contributed by atoms with Crippen molar-refractivity contribution in [2.24, 2.45) is 11.8 Å². The quantitative estimate of drug-likeness (QED) is 0.273. The van der Waals surface area contributed by atoms with Crippen LogP contribution in [0.15, 0.2) is 21.9 Å². The Hall–Kier alpha value is -0.950. The standard InChI is InChI=1S/C15H29N2O13P3/c1-11(8-12(2)13(18)9-17-7-6-14(19)16-15(17)20)10-28-31(21,22)29-33(24,27-5)30-32(23,25-3)26-4/h6-7,11-13,18H,8-10H2,1-5H3,(H,21,22)(H,16,19,20)/t11-,12-,13-,33?/m0/s1. The van der Waals surface area contributed by atoms with E-state index in [2.05, 4.69) is 27.2 Å². The van der Waals surface area contributed by atoms with Crippen molar-refractivity contribution >= 4 is 23.5 Å². The summed E-state index contributed by atoms with van der Waals surface area (Å²) in [7, 11) is -11.6. The number of hydrogen-bond donors (Lipinski definition) is 3. The monoisotopic (exact) mass is 538 g/mol. The normalized spacial score (nSPS) is 18.8. The number of nitrogens with one attached hydrogen (secondary N) is 1. The van der Waals surface area contributed by atoms with Crippen molar-refractivity contribution in [2.45, 2.75) is 32.9 Å². The maximum Gasteiger partial charge on any atom is 0.492 e. The summed E-state index contributed by atoms with van der Waals surface area (Å²) < 4.78 is 64.7.